The Hall–Kier alpha value is -3.41. The van der Waals surface area contributed by atoms with E-state index in [2.05, 4.69) is 15.6 Å². The van der Waals surface area contributed by atoms with Gasteiger partial charge in [-0.3, -0.25) is 14.6 Å². The minimum absolute atomic E-state index is 0.138. The van der Waals surface area contributed by atoms with Crippen molar-refractivity contribution in [1.29, 1.82) is 0 Å². The summed E-state index contributed by atoms with van der Waals surface area (Å²) in [5.74, 6) is -0.169. The van der Waals surface area contributed by atoms with Crippen molar-refractivity contribution >= 4 is 28.3 Å². The second kappa shape index (κ2) is 8.11. The molecule has 1 aromatic heterocycles. The van der Waals surface area contributed by atoms with Gasteiger partial charge in [0.05, 0.1) is 18.7 Å². The number of aromatic nitrogens is 1. The van der Waals surface area contributed by atoms with Crippen molar-refractivity contribution in [1.82, 2.24) is 10.3 Å². The van der Waals surface area contributed by atoms with Gasteiger partial charge in [-0.1, -0.05) is 24.3 Å². The van der Waals surface area contributed by atoms with Crippen LogP contribution in [0.1, 0.15) is 17.3 Å². The monoisotopic (exact) mass is 349 g/mol. The molecular formula is C20H19N3O3. The molecule has 0 spiro atoms. The van der Waals surface area contributed by atoms with Crippen LogP contribution in [0.5, 0.6) is 5.75 Å². The molecule has 3 aromatic rings. The summed E-state index contributed by atoms with van der Waals surface area (Å²) in [7, 11) is 0. The quantitative estimate of drug-likeness (QED) is 0.717. The first-order chi connectivity index (χ1) is 12.7. The van der Waals surface area contributed by atoms with Gasteiger partial charge in [0.25, 0.3) is 5.91 Å². The average Bonchev–Trinajstić information content (AvgIpc) is 2.67. The molecule has 132 valence electrons. The summed E-state index contributed by atoms with van der Waals surface area (Å²) in [6, 6.07) is 14.3. The van der Waals surface area contributed by atoms with Crippen LogP contribution in [0.15, 0.2) is 60.9 Å². The van der Waals surface area contributed by atoms with E-state index in [9.17, 15) is 9.59 Å². The van der Waals surface area contributed by atoms with Crippen LogP contribution in [0, 0.1) is 0 Å². The van der Waals surface area contributed by atoms with Gasteiger partial charge < -0.3 is 15.4 Å². The average molecular weight is 349 g/mol. The van der Waals surface area contributed by atoms with Crippen LogP contribution in [0.25, 0.3) is 10.8 Å². The summed E-state index contributed by atoms with van der Waals surface area (Å²) in [6.07, 6.45) is 3.40. The lowest BCUT2D eigenvalue weighted by Gasteiger charge is -2.11. The van der Waals surface area contributed by atoms with Crippen molar-refractivity contribution in [3.05, 3.63) is 66.5 Å². The first-order valence-electron chi connectivity index (χ1n) is 8.31. The molecule has 0 atom stereocenters. The van der Waals surface area contributed by atoms with Gasteiger partial charge in [0.1, 0.15) is 5.75 Å². The number of amides is 2. The van der Waals surface area contributed by atoms with Crippen LogP contribution >= 0.6 is 0 Å². The van der Waals surface area contributed by atoms with Gasteiger partial charge in [-0.2, -0.15) is 0 Å². The predicted molar refractivity (Wildman–Crippen MR) is 100 cm³/mol. The number of ether oxygens (including phenoxy) is 1. The number of carbonyl (C=O) groups excluding carboxylic acids is 2. The van der Waals surface area contributed by atoms with Crippen LogP contribution in [0.2, 0.25) is 0 Å². The first-order valence-corrected chi connectivity index (χ1v) is 8.31. The number of hydrogen-bond acceptors (Lipinski definition) is 4. The summed E-state index contributed by atoms with van der Waals surface area (Å²) in [5, 5.41) is 7.26. The van der Waals surface area contributed by atoms with Crippen LogP contribution in [0.4, 0.5) is 5.69 Å². The molecule has 26 heavy (non-hydrogen) atoms. The topological polar surface area (TPSA) is 80.3 Å². The lowest BCUT2D eigenvalue weighted by atomic mass is 10.1. The largest absolute Gasteiger partial charge is 0.493 e. The number of benzene rings is 2. The van der Waals surface area contributed by atoms with E-state index >= 15 is 0 Å². The number of nitrogens with one attached hydrogen (secondary N) is 2. The van der Waals surface area contributed by atoms with Gasteiger partial charge in [0, 0.05) is 28.9 Å². The Morgan fingerprint density at radius 2 is 1.92 bits per heavy atom. The number of hydrogen-bond donors (Lipinski definition) is 2. The minimum atomic E-state index is -0.355. The third-order valence-electron chi connectivity index (χ3n) is 3.80. The fraction of sp³-hybridized carbons (Fsp3) is 0.150. The zero-order valence-electron chi connectivity index (χ0n) is 14.4. The van der Waals surface area contributed by atoms with Gasteiger partial charge in [-0.25, -0.2) is 0 Å². The smallest absolute Gasteiger partial charge is 0.255 e. The standard InChI is InChI=1S/C20H19N3O3/c1-2-26-18-9-4-3-7-16(18)20(25)22-13-19(24)23-17-8-5-6-14-12-21-11-10-15(14)17/h3-12H,2,13H2,1H3,(H,22,25)(H,23,24). The summed E-state index contributed by atoms with van der Waals surface area (Å²) >= 11 is 0. The number of para-hydroxylation sites is 1. The summed E-state index contributed by atoms with van der Waals surface area (Å²) < 4.78 is 5.44. The van der Waals surface area contributed by atoms with Crippen molar-refractivity contribution in [2.45, 2.75) is 6.92 Å². The number of pyridine rings is 1. The van der Waals surface area contributed by atoms with Gasteiger partial charge in [0.15, 0.2) is 0 Å². The highest BCUT2D eigenvalue weighted by molar-refractivity contribution is 6.04. The molecule has 1 heterocycles. The maximum Gasteiger partial charge on any atom is 0.255 e. The Labute approximate surface area is 151 Å². The van der Waals surface area contributed by atoms with Gasteiger partial charge in [-0.15, -0.1) is 0 Å². The fourth-order valence-corrected chi connectivity index (χ4v) is 2.62. The lowest BCUT2D eigenvalue weighted by Crippen LogP contribution is -2.33. The number of anilines is 1. The summed E-state index contributed by atoms with van der Waals surface area (Å²) in [6.45, 7) is 2.17. The SMILES string of the molecule is CCOc1ccccc1C(=O)NCC(=O)Nc1cccc2cnccc12. The normalized spacial score (nSPS) is 10.3. The second-order valence-electron chi connectivity index (χ2n) is 5.56. The van der Waals surface area contributed by atoms with E-state index < -0.39 is 0 Å². The van der Waals surface area contributed by atoms with E-state index in [-0.39, 0.29) is 18.4 Å². The van der Waals surface area contributed by atoms with Crippen molar-refractivity contribution < 1.29 is 14.3 Å². The zero-order chi connectivity index (χ0) is 18.4. The minimum Gasteiger partial charge on any atom is -0.493 e. The zero-order valence-corrected chi connectivity index (χ0v) is 14.4. The third kappa shape index (κ3) is 3.97. The molecule has 6 heteroatoms. The number of rotatable bonds is 6. The Morgan fingerprint density at radius 1 is 1.08 bits per heavy atom. The van der Waals surface area contributed by atoms with Crippen molar-refractivity contribution in [3.63, 3.8) is 0 Å². The van der Waals surface area contributed by atoms with Gasteiger partial charge in [-0.05, 0) is 31.2 Å². The molecule has 6 nitrogen and oxygen atoms in total. The molecular weight excluding hydrogens is 330 g/mol. The Kier molecular flexibility index (Phi) is 5.43. The second-order valence-corrected chi connectivity index (χ2v) is 5.56. The van der Waals surface area contributed by atoms with Gasteiger partial charge >= 0.3 is 0 Å². The van der Waals surface area contributed by atoms with Crippen molar-refractivity contribution in [2.75, 3.05) is 18.5 Å². The van der Waals surface area contributed by atoms with E-state index in [4.69, 9.17) is 4.74 Å². The molecule has 0 unspecified atom stereocenters. The molecule has 2 amide bonds. The Balaban J connectivity index is 1.65. The van der Waals surface area contributed by atoms with Crippen LogP contribution in [0.3, 0.4) is 0 Å². The molecule has 0 fully saturated rings. The van der Waals surface area contributed by atoms with E-state index in [1.807, 2.05) is 31.2 Å². The third-order valence-corrected chi connectivity index (χ3v) is 3.80. The van der Waals surface area contributed by atoms with Crippen LogP contribution in [-0.2, 0) is 4.79 Å². The van der Waals surface area contributed by atoms with Crippen LogP contribution < -0.4 is 15.4 Å². The maximum absolute atomic E-state index is 12.3. The highest BCUT2D eigenvalue weighted by atomic mass is 16.5. The van der Waals surface area contributed by atoms with Gasteiger partial charge in [0.2, 0.25) is 5.91 Å². The number of fused-ring (bicyclic) bond motifs is 1. The molecule has 0 aliphatic rings. The van der Waals surface area contributed by atoms with Crippen molar-refractivity contribution in [2.24, 2.45) is 0 Å². The lowest BCUT2D eigenvalue weighted by molar-refractivity contribution is -0.115. The Morgan fingerprint density at radius 3 is 2.77 bits per heavy atom. The molecule has 0 aliphatic heterocycles. The molecule has 0 saturated carbocycles. The molecule has 0 saturated heterocycles. The molecule has 0 aliphatic carbocycles. The maximum atomic E-state index is 12.3. The Bertz CT molecular complexity index is 935. The molecule has 2 N–H and O–H groups in total. The molecule has 3 rings (SSSR count). The predicted octanol–water partition coefficient (Wildman–Crippen LogP) is 3.00. The van der Waals surface area contributed by atoms with E-state index in [1.54, 1.807) is 36.7 Å². The molecule has 0 bridgehead atoms. The highest BCUT2D eigenvalue weighted by Gasteiger charge is 2.13. The number of nitrogens with zero attached hydrogens (tertiary/aromatic N) is 1. The molecule has 0 radical (unpaired) electrons. The summed E-state index contributed by atoms with van der Waals surface area (Å²) in [4.78, 5) is 28.6. The molecule has 2 aromatic carbocycles. The first kappa shape index (κ1) is 17.4. The van der Waals surface area contributed by atoms with E-state index in [1.165, 1.54) is 0 Å². The van der Waals surface area contributed by atoms with E-state index in [0.717, 1.165) is 10.8 Å². The summed E-state index contributed by atoms with van der Waals surface area (Å²) in [5.41, 5.74) is 1.08. The number of carbonyl (C=O) groups is 2. The van der Waals surface area contributed by atoms with Crippen LogP contribution in [-0.4, -0.2) is 29.9 Å². The van der Waals surface area contributed by atoms with Crippen molar-refractivity contribution in [3.8, 4) is 5.75 Å². The highest BCUT2D eigenvalue weighted by Crippen LogP contribution is 2.22. The van der Waals surface area contributed by atoms with E-state index in [0.29, 0.717) is 23.6 Å². The fourth-order valence-electron chi connectivity index (χ4n) is 2.62.